The molecule has 0 saturated heterocycles. The van der Waals surface area contributed by atoms with Gasteiger partial charge in [-0.1, -0.05) is 35.4 Å². The molecule has 2 aromatic rings. The summed E-state index contributed by atoms with van der Waals surface area (Å²) in [6.45, 7) is 3.97. The lowest BCUT2D eigenvalue weighted by Crippen LogP contribution is -1.66. The standard InChI is InChI=1S/2C7H8O.H3PS3/c2*1-6-2-4-7(8)5-3-6;2-1(3)4/h2*2-5,8H,1H3;2-4H. The van der Waals surface area contributed by atoms with Crippen molar-refractivity contribution in [3.8, 4) is 11.5 Å². The number of benzene rings is 2. The second-order valence-electron chi connectivity index (χ2n) is 3.94. The van der Waals surface area contributed by atoms with Crippen LogP contribution >= 0.6 is 42.3 Å². The first-order valence-electron chi connectivity index (χ1n) is 5.69. The molecule has 0 fully saturated rings. The molecule has 2 nitrogen and oxygen atoms in total. The van der Waals surface area contributed by atoms with Crippen LogP contribution < -0.4 is 0 Å². The van der Waals surface area contributed by atoms with Crippen LogP contribution in [-0.4, -0.2) is 10.2 Å². The highest BCUT2D eigenvalue weighted by Crippen LogP contribution is 2.49. The highest BCUT2D eigenvalue weighted by molar-refractivity contribution is 9.02. The summed E-state index contributed by atoms with van der Waals surface area (Å²) in [6.07, 6.45) is 0. The molecular weight excluding hydrogens is 327 g/mol. The van der Waals surface area contributed by atoms with Crippen LogP contribution in [0, 0.1) is 13.8 Å². The number of hydrogen-bond acceptors (Lipinski definition) is 5. The van der Waals surface area contributed by atoms with E-state index in [1.54, 1.807) is 24.3 Å². The van der Waals surface area contributed by atoms with E-state index in [1.165, 1.54) is 11.1 Å². The predicted octanol–water partition coefficient (Wildman–Crippen LogP) is 5.40. The van der Waals surface area contributed by atoms with Crippen LogP contribution in [0.25, 0.3) is 0 Å². The third kappa shape index (κ3) is 12.5. The molecule has 2 rings (SSSR count). The van der Waals surface area contributed by atoms with Gasteiger partial charge in [-0.2, -0.15) is 0 Å². The maximum atomic E-state index is 8.76. The Bertz CT molecular complexity index is 385. The number of hydrogen-bond donors (Lipinski definition) is 5. The molecular formula is C14H19O2PS3. The molecule has 0 aromatic heterocycles. The monoisotopic (exact) mass is 346 g/mol. The summed E-state index contributed by atoms with van der Waals surface area (Å²) in [5, 5.41) is 17.5. The van der Waals surface area contributed by atoms with Gasteiger partial charge < -0.3 is 10.2 Å². The predicted molar refractivity (Wildman–Crippen MR) is 99.6 cm³/mol. The summed E-state index contributed by atoms with van der Waals surface area (Å²) >= 11 is 11.3. The lowest BCUT2D eigenvalue weighted by atomic mass is 10.2. The van der Waals surface area contributed by atoms with Crippen LogP contribution in [0.3, 0.4) is 0 Å². The molecule has 110 valence electrons. The number of phenolic OH excluding ortho intramolecular Hbond substituents is 2. The third-order valence-electron chi connectivity index (χ3n) is 2.07. The average Bonchev–Trinajstić information content (AvgIpc) is 2.37. The fourth-order valence-corrected chi connectivity index (χ4v) is 1.09. The molecule has 0 heterocycles. The summed E-state index contributed by atoms with van der Waals surface area (Å²) in [7, 11) is 0. The molecule has 0 aliphatic carbocycles. The first kappa shape index (κ1) is 19.5. The van der Waals surface area contributed by atoms with Crippen LogP contribution in [0.2, 0.25) is 0 Å². The van der Waals surface area contributed by atoms with Crippen molar-refractivity contribution in [1.82, 2.24) is 0 Å². The van der Waals surface area contributed by atoms with Gasteiger partial charge in [0.15, 0.2) is 0 Å². The summed E-state index contributed by atoms with van der Waals surface area (Å²) in [6, 6.07) is 14.2. The minimum atomic E-state index is -0.537. The van der Waals surface area contributed by atoms with Crippen molar-refractivity contribution < 1.29 is 10.2 Å². The molecule has 2 aromatic carbocycles. The maximum Gasteiger partial charge on any atom is 0.115 e. The first-order chi connectivity index (χ1) is 9.31. The van der Waals surface area contributed by atoms with Gasteiger partial charge in [0.05, 0.1) is 5.53 Å². The molecule has 2 N–H and O–H groups in total. The minimum absolute atomic E-state index is 0.329. The second kappa shape index (κ2) is 11.2. The Hall–Kier alpha value is -0.480. The van der Waals surface area contributed by atoms with Gasteiger partial charge in [0.1, 0.15) is 11.5 Å². The second-order valence-corrected chi connectivity index (χ2v) is 10.9. The van der Waals surface area contributed by atoms with Crippen LogP contribution in [0.5, 0.6) is 11.5 Å². The van der Waals surface area contributed by atoms with Gasteiger partial charge in [-0.25, -0.2) is 0 Å². The van der Waals surface area contributed by atoms with Crippen molar-refractivity contribution in [3.63, 3.8) is 0 Å². The smallest absolute Gasteiger partial charge is 0.115 e. The van der Waals surface area contributed by atoms with Crippen LogP contribution in [0.1, 0.15) is 11.1 Å². The van der Waals surface area contributed by atoms with Gasteiger partial charge in [0, 0.05) is 0 Å². The number of rotatable bonds is 0. The quantitative estimate of drug-likeness (QED) is 0.327. The zero-order chi connectivity index (χ0) is 15.5. The molecule has 0 unspecified atom stereocenters. The van der Waals surface area contributed by atoms with E-state index >= 15 is 0 Å². The Morgan fingerprint density at radius 1 is 0.650 bits per heavy atom. The van der Waals surface area contributed by atoms with Gasteiger partial charge in [-0.3, -0.25) is 0 Å². The van der Waals surface area contributed by atoms with Crippen molar-refractivity contribution in [3.05, 3.63) is 59.7 Å². The molecule has 0 bridgehead atoms. The Morgan fingerprint density at radius 3 is 1.00 bits per heavy atom. The van der Waals surface area contributed by atoms with Gasteiger partial charge in [-0.05, 0) is 38.1 Å². The van der Waals surface area contributed by atoms with E-state index < -0.39 is 5.53 Å². The Labute approximate surface area is 137 Å². The van der Waals surface area contributed by atoms with E-state index in [2.05, 4.69) is 36.7 Å². The molecule has 0 saturated carbocycles. The third-order valence-corrected chi connectivity index (χ3v) is 2.07. The summed E-state index contributed by atoms with van der Waals surface area (Å²) in [5.74, 6) is 0.659. The largest absolute Gasteiger partial charge is 0.508 e. The Morgan fingerprint density at radius 2 is 0.850 bits per heavy atom. The van der Waals surface area contributed by atoms with Gasteiger partial charge in [0.2, 0.25) is 0 Å². The Kier molecular flexibility index (Phi) is 10.9. The lowest BCUT2D eigenvalue weighted by Gasteiger charge is -1.89. The zero-order valence-electron chi connectivity index (χ0n) is 11.3. The van der Waals surface area contributed by atoms with Crippen molar-refractivity contribution in [2.45, 2.75) is 13.8 Å². The number of thiol groups is 3. The number of aromatic hydroxyl groups is 2. The highest BCUT2D eigenvalue weighted by Gasteiger charge is 1.82. The lowest BCUT2D eigenvalue weighted by molar-refractivity contribution is 0.474. The van der Waals surface area contributed by atoms with Crippen LogP contribution in [-0.2, 0) is 0 Å². The molecule has 6 heteroatoms. The molecule has 0 amide bonds. The summed E-state index contributed by atoms with van der Waals surface area (Å²) < 4.78 is 0. The summed E-state index contributed by atoms with van der Waals surface area (Å²) in [4.78, 5) is 0. The van der Waals surface area contributed by atoms with Crippen molar-refractivity contribution in [1.29, 1.82) is 0 Å². The van der Waals surface area contributed by atoms with Crippen molar-refractivity contribution in [2.24, 2.45) is 0 Å². The van der Waals surface area contributed by atoms with E-state index in [0.29, 0.717) is 11.5 Å². The van der Waals surface area contributed by atoms with Crippen molar-refractivity contribution in [2.75, 3.05) is 0 Å². The summed E-state index contributed by atoms with van der Waals surface area (Å²) in [5.41, 5.74) is 1.80. The fraction of sp³-hybridized carbons (Fsp3) is 0.143. The SMILES string of the molecule is Cc1ccc(O)cc1.Cc1ccc(O)cc1.SP(S)S. The first-order valence-corrected chi connectivity index (χ1v) is 10.5. The van der Waals surface area contributed by atoms with Crippen LogP contribution in [0.15, 0.2) is 48.5 Å². The maximum absolute atomic E-state index is 8.76. The highest BCUT2D eigenvalue weighted by atomic mass is 33.3. The van der Waals surface area contributed by atoms with E-state index in [-0.39, 0.29) is 0 Å². The molecule has 20 heavy (non-hydrogen) atoms. The molecule has 0 atom stereocenters. The molecule has 0 radical (unpaired) electrons. The van der Waals surface area contributed by atoms with E-state index in [1.807, 2.05) is 38.1 Å². The van der Waals surface area contributed by atoms with Gasteiger partial charge in [-0.15, -0.1) is 36.7 Å². The van der Waals surface area contributed by atoms with E-state index in [0.717, 1.165) is 0 Å². The van der Waals surface area contributed by atoms with Gasteiger partial charge in [0.25, 0.3) is 0 Å². The molecule has 0 spiro atoms. The normalized spacial score (nSPS) is 9.10. The molecule has 0 aliphatic heterocycles. The van der Waals surface area contributed by atoms with Crippen molar-refractivity contribution >= 4 is 42.3 Å². The minimum Gasteiger partial charge on any atom is -0.508 e. The number of aryl methyl sites for hydroxylation is 2. The zero-order valence-corrected chi connectivity index (χ0v) is 14.9. The average molecular weight is 346 g/mol. The molecule has 0 aliphatic rings. The number of phenols is 2. The van der Waals surface area contributed by atoms with E-state index in [4.69, 9.17) is 10.2 Å². The topological polar surface area (TPSA) is 40.5 Å². The van der Waals surface area contributed by atoms with E-state index in [9.17, 15) is 0 Å². The van der Waals surface area contributed by atoms with Gasteiger partial charge >= 0.3 is 0 Å². The fourth-order valence-electron chi connectivity index (χ4n) is 1.09. The van der Waals surface area contributed by atoms with Crippen LogP contribution in [0.4, 0.5) is 0 Å². The Balaban J connectivity index is 0.000000289.